The molecule has 0 saturated carbocycles. The summed E-state index contributed by atoms with van der Waals surface area (Å²) in [5.74, 6) is -0.276. The van der Waals surface area contributed by atoms with Crippen LogP contribution in [0.25, 0.3) is 11.1 Å². The predicted molar refractivity (Wildman–Crippen MR) is 89.1 cm³/mol. The van der Waals surface area contributed by atoms with Gasteiger partial charge in [0.25, 0.3) is 5.91 Å². The molecule has 2 aromatic carbocycles. The Balaban J connectivity index is 2.34. The van der Waals surface area contributed by atoms with E-state index in [0.717, 1.165) is 16.7 Å². The zero-order valence-electron chi connectivity index (χ0n) is 12.9. The Morgan fingerprint density at radius 2 is 1.77 bits per heavy atom. The minimum Gasteiger partial charge on any atom is -0.345 e. The summed E-state index contributed by atoms with van der Waals surface area (Å²) in [6.45, 7) is 4.62. The van der Waals surface area contributed by atoms with E-state index in [2.05, 4.69) is 5.32 Å². The molecular formula is C18H19ClFNO. The second-order valence-corrected chi connectivity index (χ2v) is 6.50. The lowest BCUT2D eigenvalue weighted by atomic mass is 9.99. The quantitative estimate of drug-likeness (QED) is 0.862. The maximum atomic E-state index is 12.9. The summed E-state index contributed by atoms with van der Waals surface area (Å²) in [5.41, 5.74) is 2.52. The first kappa shape index (κ1) is 16.5. The summed E-state index contributed by atoms with van der Waals surface area (Å²) in [6.07, 6.45) is 0. The zero-order chi connectivity index (χ0) is 16.3. The van der Waals surface area contributed by atoms with E-state index in [9.17, 15) is 9.18 Å². The van der Waals surface area contributed by atoms with E-state index in [4.69, 9.17) is 11.6 Å². The number of carbonyl (C=O) groups excluding carboxylic acids is 1. The number of halogens is 2. The number of aryl methyl sites for hydroxylation is 1. The van der Waals surface area contributed by atoms with Gasteiger partial charge in [-0.3, -0.25) is 4.79 Å². The molecule has 2 nitrogen and oxygen atoms in total. The predicted octanol–water partition coefficient (Wildman–Crippen LogP) is 4.79. The molecule has 2 aromatic rings. The maximum Gasteiger partial charge on any atom is 0.251 e. The highest BCUT2D eigenvalue weighted by atomic mass is 35.5. The Hall–Kier alpha value is -1.87. The van der Waals surface area contributed by atoms with Crippen molar-refractivity contribution in [3.63, 3.8) is 0 Å². The van der Waals surface area contributed by atoms with Gasteiger partial charge in [0.1, 0.15) is 6.67 Å². The van der Waals surface area contributed by atoms with Crippen molar-refractivity contribution in [3.05, 3.63) is 58.6 Å². The van der Waals surface area contributed by atoms with Gasteiger partial charge in [0, 0.05) is 10.6 Å². The molecule has 0 bridgehead atoms. The molecule has 4 heteroatoms. The smallest absolute Gasteiger partial charge is 0.251 e. The molecule has 2 rings (SSSR count). The molecule has 1 N–H and O–H groups in total. The van der Waals surface area contributed by atoms with Crippen LogP contribution in [0.3, 0.4) is 0 Å². The van der Waals surface area contributed by atoms with Crippen molar-refractivity contribution in [3.8, 4) is 11.1 Å². The molecular weight excluding hydrogens is 301 g/mol. The van der Waals surface area contributed by atoms with E-state index in [1.54, 1.807) is 26.0 Å². The Kier molecular flexibility index (Phi) is 4.87. The molecule has 0 fully saturated rings. The lowest BCUT2D eigenvalue weighted by Crippen LogP contribution is -2.45. The number of hydrogen-bond donors (Lipinski definition) is 1. The van der Waals surface area contributed by atoms with Gasteiger partial charge in [-0.25, -0.2) is 4.39 Å². The molecule has 0 radical (unpaired) electrons. The first-order valence-corrected chi connectivity index (χ1v) is 7.45. The summed E-state index contributed by atoms with van der Waals surface area (Å²) in [4.78, 5) is 12.3. The van der Waals surface area contributed by atoms with Crippen molar-refractivity contribution < 1.29 is 9.18 Å². The van der Waals surface area contributed by atoms with Crippen LogP contribution in [-0.4, -0.2) is 18.1 Å². The Morgan fingerprint density at radius 3 is 2.36 bits per heavy atom. The number of benzene rings is 2. The molecule has 116 valence electrons. The highest BCUT2D eigenvalue weighted by molar-refractivity contribution is 6.30. The summed E-state index contributed by atoms with van der Waals surface area (Å²) in [5, 5.41) is 3.37. The van der Waals surface area contributed by atoms with Crippen molar-refractivity contribution in [1.29, 1.82) is 0 Å². The lowest BCUT2D eigenvalue weighted by Gasteiger charge is -2.22. The summed E-state index contributed by atoms with van der Waals surface area (Å²) < 4.78 is 12.9. The molecule has 0 unspecified atom stereocenters. The van der Waals surface area contributed by atoms with Crippen LogP contribution >= 0.6 is 11.6 Å². The Bertz CT molecular complexity index is 680. The molecule has 1 amide bonds. The van der Waals surface area contributed by atoms with E-state index in [0.29, 0.717) is 10.6 Å². The second-order valence-electron chi connectivity index (χ2n) is 6.07. The summed E-state index contributed by atoms with van der Waals surface area (Å²) in [6, 6.07) is 13.0. The average Bonchev–Trinajstić information content (AvgIpc) is 2.47. The number of hydrogen-bond acceptors (Lipinski definition) is 1. The highest BCUT2D eigenvalue weighted by Crippen LogP contribution is 2.24. The van der Waals surface area contributed by atoms with E-state index in [-0.39, 0.29) is 5.91 Å². The molecule has 0 aliphatic heterocycles. The van der Waals surface area contributed by atoms with Crippen molar-refractivity contribution in [2.75, 3.05) is 6.67 Å². The molecule has 0 atom stereocenters. The number of rotatable bonds is 4. The third-order valence-corrected chi connectivity index (χ3v) is 3.56. The fourth-order valence-corrected chi connectivity index (χ4v) is 2.26. The Morgan fingerprint density at radius 1 is 1.14 bits per heavy atom. The summed E-state index contributed by atoms with van der Waals surface area (Å²) >= 11 is 5.90. The lowest BCUT2D eigenvalue weighted by molar-refractivity contribution is 0.0899. The molecule has 0 saturated heterocycles. The topological polar surface area (TPSA) is 29.1 Å². The van der Waals surface area contributed by atoms with Gasteiger partial charge in [0.05, 0.1) is 5.54 Å². The number of alkyl halides is 1. The molecule has 0 aliphatic rings. The van der Waals surface area contributed by atoms with Gasteiger partial charge in [-0.15, -0.1) is 0 Å². The largest absolute Gasteiger partial charge is 0.345 e. The van der Waals surface area contributed by atoms with Crippen LogP contribution in [0.15, 0.2) is 42.5 Å². The maximum absolute atomic E-state index is 12.9. The van der Waals surface area contributed by atoms with Crippen LogP contribution < -0.4 is 5.32 Å². The van der Waals surface area contributed by atoms with Gasteiger partial charge in [-0.05, 0) is 61.7 Å². The molecule has 0 spiro atoms. The first-order valence-electron chi connectivity index (χ1n) is 7.07. The van der Waals surface area contributed by atoms with Crippen molar-refractivity contribution in [2.24, 2.45) is 0 Å². The van der Waals surface area contributed by atoms with Gasteiger partial charge in [-0.1, -0.05) is 29.8 Å². The molecule has 22 heavy (non-hydrogen) atoms. The monoisotopic (exact) mass is 319 g/mol. The fraction of sp³-hybridized carbons (Fsp3) is 0.278. The summed E-state index contributed by atoms with van der Waals surface area (Å²) in [7, 11) is 0. The van der Waals surface area contributed by atoms with Crippen LogP contribution in [0.2, 0.25) is 5.02 Å². The molecule has 0 aliphatic carbocycles. The van der Waals surface area contributed by atoms with Gasteiger partial charge in [0.15, 0.2) is 0 Å². The standard InChI is InChI=1S/C18H19ClFNO/c1-12-8-14(13-4-6-16(19)7-5-13)10-15(9-12)17(22)21-18(2,3)11-20/h4-10H,11H2,1-3H3,(H,21,22). The third kappa shape index (κ3) is 4.08. The highest BCUT2D eigenvalue weighted by Gasteiger charge is 2.21. The minimum atomic E-state index is -0.874. The van der Waals surface area contributed by atoms with Crippen LogP contribution in [0, 0.1) is 6.92 Å². The van der Waals surface area contributed by atoms with Gasteiger partial charge in [0.2, 0.25) is 0 Å². The van der Waals surface area contributed by atoms with Crippen molar-refractivity contribution >= 4 is 17.5 Å². The molecule has 0 aromatic heterocycles. The second kappa shape index (κ2) is 6.49. The number of amides is 1. The number of carbonyl (C=O) groups is 1. The van der Waals surface area contributed by atoms with Crippen LogP contribution in [0.1, 0.15) is 29.8 Å². The fourth-order valence-electron chi connectivity index (χ4n) is 2.14. The van der Waals surface area contributed by atoms with Crippen molar-refractivity contribution in [1.82, 2.24) is 5.32 Å². The van der Waals surface area contributed by atoms with Crippen LogP contribution in [-0.2, 0) is 0 Å². The third-order valence-electron chi connectivity index (χ3n) is 3.30. The molecule has 0 heterocycles. The first-order chi connectivity index (χ1) is 10.3. The van der Waals surface area contributed by atoms with Gasteiger partial charge >= 0.3 is 0 Å². The average molecular weight is 320 g/mol. The minimum absolute atomic E-state index is 0.276. The van der Waals surface area contributed by atoms with Crippen LogP contribution in [0.5, 0.6) is 0 Å². The number of nitrogens with one attached hydrogen (secondary N) is 1. The van der Waals surface area contributed by atoms with E-state index >= 15 is 0 Å². The zero-order valence-corrected chi connectivity index (χ0v) is 13.7. The van der Waals surface area contributed by atoms with E-state index < -0.39 is 12.2 Å². The van der Waals surface area contributed by atoms with Gasteiger partial charge < -0.3 is 5.32 Å². The van der Waals surface area contributed by atoms with Crippen molar-refractivity contribution in [2.45, 2.75) is 26.3 Å². The normalized spacial score (nSPS) is 11.3. The Labute approximate surface area is 135 Å². The van der Waals surface area contributed by atoms with E-state index in [1.165, 1.54) is 0 Å². The van der Waals surface area contributed by atoms with Crippen LogP contribution in [0.4, 0.5) is 4.39 Å². The van der Waals surface area contributed by atoms with E-state index in [1.807, 2.05) is 37.3 Å². The van der Waals surface area contributed by atoms with Gasteiger partial charge in [-0.2, -0.15) is 0 Å². The SMILES string of the molecule is Cc1cc(C(=O)NC(C)(C)CF)cc(-c2ccc(Cl)cc2)c1.